The summed E-state index contributed by atoms with van der Waals surface area (Å²) in [5.41, 5.74) is -0.946. The van der Waals surface area contributed by atoms with Crippen LogP contribution in [0, 0.1) is 0 Å². The third-order valence-corrected chi connectivity index (χ3v) is 3.05. The zero-order valence-corrected chi connectivity index (χ0v) is 9.83. The topological polar surface area (TPSA) is 81.6 Å². The van der Waals surface area contributed by atoms with Crippen molar-refractivity contribution in [2.45, 2.75) is 50.6 Å². The Kier molecular flexibility index (Phi) is 5.02. The number of urea groups is 1. The molecule has 2 amide bonds. The van der Waals surface area contributed by atoms with Crippen molar-refractivity contribution in [3.05, 3.63) is 0 Å². The first-order valence-corrected chi connectivity index (χ1v) is 5.90. The van der Waals surface area contributed by atoms with Gasteiger partial charge in [-0.2, -0.15) is 0 Å². The Morgan fingerprint density at radius 1 is 1.25 bits per heavy atom. The minimum Gasteiger partial charge on any atom is -0.394 e. The van der Waals surface area contributed by atoms with E-state index in [4.69, 9.17) is 10.2 Å². The van der Waals surface area contributed by atoms with Gasteiger partial charge in [-0.3, -0.25) is 0 Å². The average molecular weight is 230 g/mol. The zero-order chi connectivity index (χ0) is 12.0. The van der Waals surface area contributed by atoms with Crippen LogP contribution in [0.15, 0.2) is 0 Å². The predicted octanol–water partition coefficient (Wildman–Crippen LogP) is 0.362. The monoisotopic (exact) mass is 230 g/mol. The van der Waals surface area contributed by atoms with Gasteiger partial charge in [0.05, 0.1) is 18.8 Å². The summed E-state index contributed by atoms with van der Waals surface area (Å²) in [7, 11) is 0. The van der Waals surface area contributed by atoms with Crippen molar-refractivity contribution < 1.29 is 15.0 Å². The Bertz CT molecular complexity index is 223. The van der Waals surface area contributed by atoms with Crippen molar-refractivity contribution in [2.24, 2.45) is 0 Å². The van der Waals surface area contributed by atoms with Gasteiger partial charge in [-0.15, -0.1) is 0 Å². The van der Waals surface area contributed by atoms with Crippen LogP contribution >= 0.6 is 0 Å². The number of aliphatic hydroxyl groups excluding tert-OH is 2. The van der Waals surface area contributed by atoms with Crippen molar-refractivity contribution in [3.63, 3.8) is 0 Å². The van der Waals surface area contributed by atoms with Gasteiger partial charge in [0.2, 0.25) is 0 Å². The lowest BCUT2D eigenvalue weighted by Crippen LogP contribution is -2.56. The molecule has 0 aromatic rings. The maximum Gasteiger partial charge on any atom is 0.315 e. The first-order valence-electron chi connectivity index (χ1n) is 5.90. The van der Waals surface area contributed by atoms with Gasteiger partial charge in [0, 0.05) is 6.04 Å². The molecule has 0 radical (unpaired) electrons. The molecule has 0 heterocycles. The minimum atomic E-state index is -0.946. The van der Waals surface area contributed by atoms with Gasteiger partial charge < -0.3 is 20.8 Å². The highest BCUT2D eigenvalue weighted by Crippen LogP contribution is 2.17. The summed E-state index contributed by atoms with van der Waals surface area (Å²) < 4.78 is 0. The molecule has 0 saturated heterocycles. The second kappa shape index (κ2) is 6.06. The van der Waals surface area contributed by atoms with Crippen LogP contribution in [0.3, 0.4) is 0 Å². The van der Waals surface area contributed by atoms with Gasteiger partial charge in [-0.25, -0.2) is 4.79 Å². The summed E-state index contributed by atoms with van der Waals surface area (Å²) >= 11 is 0. The van der Waals surface area contributed by atoms with E-state index >= 15 is 0 Å². The number of hydrogen-bond acceptors (Lipinski definition) is 3. The molecule has 1 rings (SSSR count). The molecule has 1 saturated carbocycles. The Morgan fingerprint density at radius 2 is 1.81 bits per heavy atom. The average Bonchev–Trinajstić information content (AvgIpc) is 2.30. The van der Waals surface area contributed by atoms with Crippen LogP contribution in [-0.4, -0.2) is 41.0 Å². The van der Waals surface area contributed by atoms with Gasteiger partial charge in [-0.1, -0.05) is 19.3 Å². The van der Waals surface area contributed by atoms with Gasteiger partial charge in [-0.05, 0) is 19.8 Å². The van der Waals surface area contributed by atoms with E-state index in [0.29, 0.717) is 0 Å². The molecule has 0 aromatic carbocycles. The first-order chi connectivity index (χ1) is 7.59. The molecule has 1 aliphatic rings. The highest BCUT2D eigenvalue weighted by Gasteiger charge is 2.25. The van der Waals surface area contributed by atoms with Crippen molar-refractivity contribution in [1.82, 2.24) is 10.6 Å². The first kappa shape index (κ1) is 13.3. The van der Waals surface area contributed by atoms with Crippen LogP contribution < -0.4 is 10.6 Å². The summed E-state index contributed by atoms with van der Waals surface area (Å²) in [6.45, 7) is 1.05. The molecule has 5 heteroatoms. The van der Waals surface area contributed by atoms with E-state index < -0.39 is 5.54 Å². The third kappa shape index (κ3) is 3.98. The highest BCUT2D eigenvalue weighted by atomic mass is 16.3. The number of rotatable bonds is 4. The molecule has 0 aromatic heterocycles. The maximum atomic E-state index is 11.6. The molecule has 4 N–H and O–H groups in total. The Labute approximate surface area is 96.2 Å². The molecular formula is C11H22N2O3. The second-order valence-electron chi connectivity index (χ2n) is 4.81. The summed E-state index contributed by atoms with van der Waals surface area (Å²) in [5.74, 6) is 0. The Hall–Kier alpha value is -0.810. The smallest absolute Gasteiger partial charge is 0.315 e. The lowest BCUT2D eigenvalue weighted by molar-refractivity contribution is 0.108. The van der Waals surface area contributed by atoms with Crippen LogP contribution in [0.4, 0.5) is 4.79 Å². The summed E-state index contributed by atoms with van der Waals surface area (Å²) in [4.78, 5) is 11.6. The predicted molar refractivity (Wildman–Crippen MR) is 61.1 cm³/mol. The lowest BCUT2D eigenvalue weighted by atomic mass is 9.96. The number of carbonyl (C=O) groups excluding carboxylic acids is 1. The highest BCUT2D eigenvalue weighted by molar-refractivity contribution is 5.75. The largest absolute Gasteiger partial charge is 0.394 e. The SMILES string of the molecule is CC(CO)(CO)NC(=O)NC1CCCCC1. The molecule has 0 unspecified atom stereocenters. The van der Waals surface area contributed by atoms with Gasteiger partial charge in [0.1, 0.15) is 0 Å². The fraction of sp³-hybridized carbons (Fsp3) is 0.909. The zero-order valence-electron chi connectivity index (χ0n) is 9.83. The maximum absolute atomic E-state index is 11.6. The van der Waals surface area contributed by atoms with E-state index in [1.807, 2.05) is 0 Å². The molecule has 0 spiro atoms. The van der Waals surface area contributed by atoms with Gasteiger partial charge in [0.15, 0.2) is 0 Å². The summed E-state index contributed by atoms with van der Waals surface area (Å²) in [6.07, 6.45) is 5.58. The molecule has 1 aliphatic carbocycles. The molecule has 0 atom stereocenters. The molecule has 0 aliphatic heterocycles. The Morgan fingerprint density at radius 3 is 2.31 bits per heavy atom. The van der Waals surface area contributed by atoms with Crippen LogP contribution in [0.5, 0.6) is 0 Å². The molecule has 1 fully saturated rings. The number of amides is 2. The number of hydrogen-bond donors (Lipinski definition) is 4. The third-order valence-electron chi connectivity index (χ3n) is 3.05. The van der Waals surface area contributed by atoms with E-state index in [0.717, 1.165) is 25.7 Å². The summed E-state index contributed by atoms with van der Waals surface area (Å²) in [5, 5.41) is 23.5. The molecule has 0 bridgehead atoms. The summed E-state index contributed by atoms with van der Waals surface area (Å²) in [6, 6.07) is -0.0760. The van der Waals surface area contributed by atoms with Crippen molar-refractivity contribution in [3.8, 4) is 0 Å². The van der Waals surface area contributed by atoms with E-state index in [9.17, 15) is 4.79 Å². The fourth-order valence-electron chi connectivity index (χ4n) is 1.87. The van der Waals surface area contributed by atoms with Crippen molar-refractivity contribution >= 4 is 6.03 Å². The number of nitrogens with one attached hydrogen (secondary N) is 2. The quantitative estimate of drug-likeness (QED) is 0.563. The number of aliphatic hydroxyl groups is 2. The fourth-order valence-corrected chi connectivity index (χ4v) is 1.87. The molecule has 94 valence electrons. The molecular weight excluding hydrogens is 208 g/mol. The van der Waals surface area contributed by atoms with Crippen LogP contribution in [0.1, 0.15) is 39.0 Å². The van der Waals surface area contributed by atoms with Crippen molar-refractivity contribution in [2.75, 3.05) is 13.2 Å². The molecule has 16 heavy (non-hydrogen) atoms. The normalized spacial score (nSPS) is 18.2. The molecule has 5 nitrogen and oxygen atoms in total. The van der Waals surface area contributed by atoms with Crippen molar-refractivity contribution in [1.29, 1.82) is 0 Å². The lowest BCUT2D eigenvalue weighted by Gasteiger charge is -2.29. The van der Waals surface area contributed by atoms with E-state index in [1.165, 1.54) is 6.42 Å². The standard InChI is InChI=1S/C11H22N2O3/c1-11(7-14,8-15)13-10(16)12-9-5-3-2-4-6-9/h9,14-15H,2-8H2,1H3,(H2,12,13,16). The second-order valence-corrected chi connectivity index (χ2v) is 4.81. The van der Waals surface area contributed by atoms with E-state index in [2.05, 4.69) is 10.6 Å². The minimum absolute atomic E-state index is 0.232. The van der Waals surface area contributed by atoms with Crippen LogP contribution in [0.25, 0.3) is 0 Å². The Balaban J connectivity index is 2.34. The van der Waals surface area contributed by atoms with Gasteiger partial charge in [0.25, 0.3) is 0 Å². The van der Waals surface area contributed by atoms with Crippen LogP contribution in [0.2, 0.25) is 0 Å². The van der Waals surface area contributed by atoms with E-state index in [1.54, 1.807) is 6.92 Å². The van der Waals surface area contributed by atoms with Gasteiger partial charge >= 0.3 is 6.03 Å². The van der Waals surface area contributed by atoms with E-state index in [-0.39, 0.29) is 25.3 Å². The van der Waals surface area contributed by atoms with Crippen LogP contribution in [-0.2, 0) is 0 Å². The number of carbonyl (C=O) groups is 1.